The van der Waals surface area contributed by atoms with Gasteiger partial charge in [-0.25, -0.2) is 0 Å². The van der Waals surface area contributed by atoms with Crippen molar-refractivity contribution in [1.29, 1.82) is 0 Å². The van der Waals surface area contributed by atoms with Crippen molar-refractivity contribution in [3.63, 3.8) is 0 Å². The minimum absolute atomic E-state index is 0. The predicted octanol–water partition coefficient (Wildman–Crippen LogP) is 1.89. The van der Waals surface area contributed by atoms with Gasteiger partial charge in [0.25, 0.3) is 0 Å². The molecule has 1 saturated carbocycles. The second-order valence-corrected chi connectivity index (χ2v) is 3.21. The van der Waals surface area contributed by atoms with Crippen LogP contribution in [0.15, 0.2) is 0 Å². The van der Waals surface area contributed by atoms with E-state index < -0.39 is 5.97 Å². The first kappa shape index (κ1) is 11.1. The van der Waals surface area contributed by atoms with Crippen LogP contribution in [0.1, 0.15) is 32.6 Å². The quantitative estimate of drug-likeness (QED) is 0.667. The van der Waals surface area contributed by atoms with Crippen LogP contribution in [-0.2, 0) is 24.3 Å². The molecule has 2 atom stereocenters. The van der Waals surface area contributed by atoms with E-state index in [1.165, 1.54) is 6.42 Å². The van der Waals surface area contributed by atoms with Crippen molar-refractivity contribution >= 4 is 5.97 Å². The number of hydrogen-bond donors (Lipinski definition) is 1. The molecular weight excluding hydrogens is 193 g/mol. The zero-order valence-corrected chi connectivity index (χ0v) is 10.0. The summed E-state index contributed by atoms with van der Waals surface area (Å²) in [6, 6.07) is 0. The number of aliphatic carboxylic acids is 1. The molecule has 2 unspecified atom stereocenters. The molecular formula is C8H14O2Zn. The second-order valence-electron chi connectivity index (χ2n) is 3.21. The fourth-order valence-corrected chi connectivity index (χ4v) is 1.68. The molecule has 1 aliphatic rings. The van der Waals surface area contributed by atoms with Gasteiger partial charge in [-0.3, -0.25) is 4.79 Å². The van der Waals surface area contributed by atoms with Gasteiger partial charge in [0.2, 0.25) is 0 Å². The van der Waals surface area contributed by atoms with Gasteiger partial charge >= 0.3 is 5.97 Å². The van der Waals surface area contributed by atoms with Crippen LogP contribution in [0, 0.1) is 11.8 Å². The molecule has 0 spiro atoms. The number of hydrogen-bond acceptors (Lipinski definition) is 1. The molecule has 0 aromatic heterocycles. The third-order valence-corrected chi connectivity index (χ3v) is 2.43. The number of carboxylic acid groups (broad SMARTS) is 1. The Hall–Kier alpha value is 0.0934. The van der Waals surface area contributed by atoms with Crippen molar-refractivity contribution in [2.75, 3.05) is 0 Å². The Morgan fingerprint density at radius 2 is 1.91 bits per heavy atom. The van der Waals surface area contributed by atoms with Crippen molar-refractivity contribution in [2.45, 2.75) is 32.6 Å². The molecule has 1 N–H and O–H groups in total. The summed E-state index contributed by atoms with van der Waals surface area (Å²) in [7, 11) is 0. The minimum Gasteiger partial charge on any atom is -0.481 e. The maximum Gasteiger partial charge on any atom is 0.306 e. The third-order valence-electron chi connectivity index (χ3n) is 2.43. The average molecular weight is 208 g/mol. The number of carboxylic acids is 1. The molecule has 0 bridgehead atoms. The number of carbonyl (C=O) groups is 1. The molecule has 0 amide bonds. The Morgan fingerprint density at radius 1 is 1.36 bits per heavy atom. The Balaban J connectivity index is 0.000001000. The molecule has 1 aliphatic carbocycles. The van der Waals surface area contributed by atoms with E-state index in [-0.39, 0.29) is 25.4 Å². The summed E-state index contributed by atoms with van der Waals surface area (Å²) in [5.41, 5.74) is 0. The molecule has 0 aromatic rings. The second kappa shape index (κ2) is 4.87. The van der Waals surface area contributed by atoms with E-state index in [1.807, 2.05) is 6.92 Å². The van der Waals surface area contributed by atoms with E-state index in [4.69, 9.17) is 5.11 Å². The summed E-state index contributed by atoms with van der Waals surface area (Å²) in [5, 5.41) is 8.71. The Labute approximate surface area is 80.1 Å². The minimum atomic E-state index is -0.604. The van der Waals surface area contributed by atoms with Gasteiger partial charge in [0.05, 0.1) is 5.92 Å². The molecule has 1 fully saturated rings. The summed E-state index contributed by atoms with van der Waals surface area (Å²) >= 11 is 0. The van der Waals surface area contributed by atoms with Crippen LogP contribution < -0.4 is 0 Å². The van der Waals surface area contributed by atoms with Gasteiger partial charge in [-0.1, -0.05) is 19.8 Å². The standard InChI is InChI=1S/C8H14O2.Zn/c1-6-4-2-3-5-7(6)8(9)10;/h6-7H,2-5H2,1H3,(H,9,10);. The molecule has 11 heavy (non-hydrogen) atoms. The molecule has 3 heteroatoms. The Morgan fingerprint density at radius 3 is 2.27 bits per heavy atom. The smallest absolute Gasteiger partial charge is 0.306 e. The van der Waals surface area contributed by atoms with E-state index in [0.29, 0.717) is 5.92 Å². The zero-order valence-electron chi connectivity index (χ0n) is 7.05. The van der Waals surface area contributed by atoms with Crippen LogP contribution in [-0.4, -0.2) is 11.1 Å². The summed E-state index contributed by atoms with van der Waals surface area (Å²) in [6.07, 6.45) is 4.29. The van der Waals surface area contributed by atoms with Crippen molar-refractivity contribution in [2.24, 2.45) is 11.8 Å². The first-order valence-corrected chi connectivity index (χ1v) is 3.94. The summed E-state index contributed by atoms with van der Waals surface area (Å²) in [6.45, 7) is 2.04. The zero-order chi connectivity index (χ0) is 7.56. The molecule has 0 radical (unpaired) electrons. The Kier molecular flexibility index (Phi) is 4.91. The number of rotatable bonds is 1. The van der Waals surface area contributed by atoms with Crippen LogP contribution >= 0.6 is 0 Å². The van der Waals surface area contributed by atoms with Crippen molar-refractivity contribution < 1.29 is 29.4 Å². The molecule has 0 saturated heterocycles. The van der Waals surface area contributed by atoms with Crippen molar-refractivity contribution in [1.82, 2.24) is 0 Å². The van der Waals surface area contributed by atoms with Crippen molar-refractivity contribution in [3.8, 4) is 0 Å². The monoisotopic (exact) mass is 206 g/mol. The largest absolute Gasteiger partial charge is 0.481 e. The van der Waals surface area contributed by atoms with Crippen LogP contribution in [0.2, 0.25) is 0 Å². The predicted molar refractivity (Wildman–Crippen MR) is 38.8 cm³/mol. The fraction of sp³-hybridized carbons (Fsp3) is 0.875. The van der Waals surface area contributed by atoms with Gasteiger partial charge in [-0.2, -0.15) is 0 Å². The van der Waals surface area contributed by atoms with Crippen molar-refractivity contribution in [3.05, 3.63) is 0 Å². The van der Waals surface area contributed by atoms with Crippen LogP contribution in [0.3, 0.4) is 0 Å². The summed E-state index contributed by atoms with van der Waals surface area (Å²) in [5.74, 6) is -0.271. The van der Waals surface area contributed by atoms with E-state index in [0.717, 1.165) is 19.3 Å². The SMILES string of the molecule is CC1CCCCC1C(=O)O.[Zn]. The first-order chi connectivity index (χ1) is 4.72. The molecule has 0 aliphatic heterocycles. The van der Waals surface area contributed by atoms with Gasteiger partial charge < -0.3 is 5.11 Å². The van der Waals surface area contributed by atoms with E-state index in [9.17, 15) is 4.79 Å². The fourth-order valence-electron chi connectivity index (χ4n) is 1.68. The normalized spacial score (nSPS) is 30.6. The van der Waals surface area contributed by atoms with Gasteiger partial charge in [0.15, 0.2) is 0 Å². The van der Waals surface area contributed by atoms with E-state index in [1.54, 1.807) is 0 Å². The first-order valence-electron chi connectivity index (χ1n) is 3.94. The van der Waals surface area contributed by atoms with Gasteiger partial charge in [-0.15, -0.1) is 0 Å². The third kappa shape index (κ3) is 2.90. The molecule has 0 heterocycles. The van der Waals surface area contributed by atoms with Gasteiger partial charge in [0.1, 0.15) is 0 Å². The molecule has 1 rings (SSSR count). The van der Waals surface area contributed by atoms with Crippen LogP contribution in [0.5, 0.6) is 0 Å². The summed E-state index contributed by atoms with van der Waals surface area (Å²) < 4.78 is 0. The summed E-state index contributed by atoms with van der Waals surface area (Å²) in [4.78, 5) is 10.6. The van der Waals surface area contributed by atoms with E-state index >= 15 is 0 Å². The molecule has 60 valence electrons. The maximum absolute atomic E-state index is 10.6. The van der Waals surface area contributed by atoms with Gasteiger partial charge in [0, 0.05) is 19.5 Å². The van der Waals surface area contributed by atoms with Crippen LogP contribution in [0.25, 0.3) is 0 Å². The Bertz CT molecular complexity index is 136. The molecule has 0 aromatic carbocycles. The molecule has 2 nitrogen and oxygen atoms in total. The van der Waals surface area contributed by atoms with E-state index in [2.05, 4.69) is 0 Å². The van der Waals surface area contributed by atoms with Crippen LogP contribution in [0.4, 0.5) is 0 Å². The average Bonchev–Trinajstić information content (AvgIpc) is 1.88. The topological polar surface area (TPSA) is 37.3 Å². The maximum atomic E-state index is 10.6. The van der Waals surface area contributed by atoms with Gasteiger partial charge in [-0.05, 0) is 18.8 Å².